The van der Waals surface area contributed by atoms with Gasteiger partial charge in [-0.1, -0.05) is 36.4 Å². The first kappa shape index (κ1) is 21.5. The van der Waals surface area contributed by atoms with Crippen molar-refractivity contribution in [3.05, 3.63) is 91.8 Å². The minimum Gasteiger partial charge on any atom is -0.317 e. The zero-order valence-corrected chi connectivity index (χ0v) is 19.8. The molecule has 8 heteroatoms. The van der Waals surface area contributed by atoms with Gasteiger partial charge >= 0.3 is 0 Å². The molecule has 0 bridgehead atoms. The highest BCUT2D eigenvalue weighted by Gasteiger charge is 2.13. The van der Waals surface area contributed by atoms with Crippen molar-refractivity contribution in [3.8, 4) is 0 Å². The molecule has 0 unspecified atom stereocenters. The van der Waals surface area contributed by atoms with Gasteiger partial charge in [0.2, 0.25) is 0 Å². The minimum absolute atomic E-state index is 0.745. The minimum atomic E-state index is 0.745. The standard InChI is InChI=1S/C27H28N8/c1-31(19-33-16-28-22-8-2-5-11-25(22)33)14-15-32(20-34-17-29-23-9-3-6-12-26(23)34)21-35-18-30-24-10-4-7-13-27(24)35/h2-13,16-18H,14-15,19-21H2,1H3. The lowest BCUT2D eigenvalue weighted by molar-refractivity contribution is 0.143. The van der Waals surface area contributed by atoms with Crippen LogP contribution in [0.25, 0.3) is 33.1 Å². The van der Waals surface area contributed by atoms with Crippen LogP contribution in [0.2, 0.25) is 0 Å². The van der Waals surface area contributed by atoms with Crippen LogP contribution in [0, 0.1) is 0 Å². The molecule has 0 spiro atoms. The molecule has 3 aromatic carbocycles. The number of benzene rings is 3. The Kier molecular flexibility index (Phi) is 5.73. The van der Waals surface area contributed by atoms with Gasteiger partial charge in [-0.3, -0.25) is 9.80 Å². The highest BCUT2D eigenvalue weighted by Crippen LogP contribution is 2.16. The first-order chi connectivity index (χ1) is 17.2. The number of imidazole rings is 3. The second kappa shape index (κ2) is 9.32. The molecule has 0 saturated heterocycles. The molecule has 176 valence electrons. The molecule has 3 heterocycles. The number of aromatic nitrogens is 6. The number of likely N-dealkylation sites (N-methyl/N-ethyl adjacent to an activating group) is 1. The van der Waals surface area contributed by atoms with Crippen LogP contribution >= 0.6 is 0 Å². The lowest BCUT2D eigenvalue weighted by Crippen LogP contribution is -2.36. The summed E-state index contributed by atoms with van der Waals surface area (Å²) in [4.78, 5) is 18.5. The van der Waals surface area contributed by atoms with Crippen LogP contribution in [0.5, 0.6) is 0 Å². The topological polar surface area (TPSA) is 59.9 Å². The molecule has 0 aliphatic heterocycles. The Morgan fingerprint density at radius 3 is 1.40 bits per heavy atom. The van der Waals surface area contributed by atoms with E-state index in [9.17, 15) is 0 Å². The molecule has 3 aromatic heterocycles. The lowest BCUT2D eigenvalue weighted by atomic mass is 10.3. The van der Waals surface area contributed by atoms with E-state index < -0.39 is 0 Å². The third-order valence-corrected chi connectivity index (χ3v) is 6.48. The molecular weight excluding hydrogens is 436 g/mol. The van der Waals surface area contributed by atoms with Crippen molar-refractivity contribution < 1.29 is 0 Å². The summed E-state index contributed by atoms with van der Waals surface area (Å²) in [6.07, 6.45) is 5.80. The number of hydrogen-bond donors (Lipinski definition) is 0. The van der Waals surface area contributed by atoms with E-state index in [1.807, 2.05) is 37.2 Å². The predicted octanol–water partition coefficient (Wildman–Crippen LogP) is 4.24. The lowest BCUT2D eigenvalue weighted by Gasteiger charge is -2.27. The number of para-hydroxylation sites is 6. The van der Waals surface area contributed by atoms with Crippen LogP contribution < -0.4 is 0 Å². The van der Waals surface area contributed by atoms with Gasteiger partial charge in [0.25, 0.3) is 0 Å². The molecule has 0 N–H and O–H groups in total. The van der Waals surface area contributed by atoms with E-state index in [0.29, 0.717) is 0 Å². The van der Waals surface area contributed by atoms with E-state index in [4.69, 9.17) is 0 Å². The monoisotopic (exact) mass is 464 g/mol. The van der Waals surface area contributed by atoms with Crippen molar-refractivity contribution in [3.63, 3.8) is 0 Å². The Labute approximate surface area is 203 Å². The van der Waals surface area contributed by atoms with E-state index in [0.717, 1.165) is 66.2 Å². The van der Waals surface area contributed by atoms with Gasteiger partial charge < -0.3 is 13.7 Å². The third kappa shape index (κ3) is 4.41. The van der Waals surface area contributed by atoms with Gasteiger partial charge in [-0.2, -0.15) is 0 Å². The molecule has 35 heavy (non-hydrogen) atoms. The van der Waals surface area contributed by atoms with Crippen molar-refractivity contribution in [1.82, 2.24) is 38.5 Å². The number of nitrogens with zero attached hydrogens (tertiary/aromatic N) is 8. The summed E-state index contributed by atoms with van der Waals surface area (Å²) in [6, 6.07) is 24.8. The van der Waals surface area contributed by atoms with Crippen molar-refractivity contribution in [2.45, 2.75) is 20.0 Å². The summed E-state index contributed by atoms with van der Waals surface area (Å²) in [7, 11) is 2.16. The maximum atomic E-state index is 4.59. The van der Waals surface area contributed by atoms with Crippen molar-refractivity contribution >= 4 is 33.1 Å². The van der Waals surface area contributed by atoms with Crippen LogP contribution in [-0.2, 0) is 20.0 Å². The quantitative estimate of drug-likeness (QED) is 0.320. The van der Waals surface area contributed by atoms with Crippen LogP contribution in [-0.4, -0.2) is 58.6 Å². The number of hydrogen-bond acceptors (Lipinski definition) is 5. The molecule has 0 saturated carbocycles. The SMILES string of the molecule is CN(CCN(Cn1cnc2ccccc21)Cn1cnc2ccccc21)Cn1cnc2ccccc21. The molecule has 0 atom stereocenters. The normalized spacial score (nSPS) is 12.1. The number of rotatable bonds is 9. The fourth-order valence-corrected chi connectivity index (χ4v) is 4.63. The zero-order valence-electron chi connectivity index (χ0n) is 19.8. The highest BCUT2D eigenvalue weighted by atomic mass is 15.3. The fourth-order valence-electron chi connectivity index (χ4n) is 4.63. The van der Waals surface area contributed by atoms with Crippen LogP contribution in [0.1, 0.15) is 0 Å². The Morgan fingerprint density at radius 2 is 0.943 bits per heavy atom. The van der Waals surface area contributed by atoms with E-state index in [-0.39, 0.29) is 0 Å². The zero-order chi connectivity index (χ0) is 23.6. The van der Waals surface area contributed by atoms with Gasteiger partial charge in [0.1, 0.15) is 0 Å². The second-order valence-electron chi connectivity index (χ2n) is 9.01. The number of fused-ring (bicyclic) bond motifs is 3. The summed E-state index contributed by atoms with van der Waals surface area (Å²) in [5, 5.41) is 0. The molecule has 6 aromatic rings. The largest absolute Gasteiger partial charge is 0.317 e. The van der Waals surface area contributed by atoms with Gasteiger partial charge in [-0.05, 0) is 43.4 Å². The van der Waals surface area contributed by atoms with Gasteiger partial charge in [0.05, 0.1) is 72.1 Å². The molecule has 0 radical (unpaired) electrons. The maximum absolute atomic E-state index is 4.59. The molecule has 0 aliphatic rings. The van der Waals surface area contributed by atoms with Crippen molar-refractivity contribution in [1.29, 1.82) is 0 Å². The maximum Gasteiger partial charge on any atom is 0.0969 e. The third-order valence-electron chi connectivity index (χ3n) is 6.48. The summed E-state index contributed by atoms with van der Waals surface area (Å²) in [5.41, 5.74) is 6.51. The second-order valence-corrected chi connectivity index (χ2v) is 9.01. The first-order valence-electron chi connectivity index (χ1n) is 11.8. The van der Waals surface area contributed by atoms with E-state index in [2.05, 4.69) is 100 Å². The summed E-state index contributed by atoms with van der Waals surface area (Å²) < 4.78 is 6.64. The molecule has 8 nitrogen and oxygen atoms in total. The van der Waals surface area contributed by atoms with E-state index in [1.54, 1.807) is 0 Å². The van der Waals surface area contributed by atoms with Crippen LogP contribution in [0.4, 0.5) is 0 Å². The van der Waals surface area contributed by atoms with Crippen molar-refractivity contribution in [2.75, 3.05) is 20.1 Å². The average Bonchev–Trinajstić information content (AvgIpc) is 3.61. The molecular formula is C27H28N8. The van der Waals surface area contributed by atoms with E-state index >= 15 is 0 Å². The Hall–Kier alpha value is -4.01. The average molecular weight is 465 g/mol. The molecule has 0 fully saturated rings. The predicted molar refractivity (Wildman–Crippen MR) is 139 cm³/mol. The molecule has 0 amide bonds. The van der Waals surface area contributed by atoms with Crippen LogP contribution in [0.15, 0.2) is 91.8 Å². The molecule has 0 aliphatic carbocycles. The Bertz CT molecular complexity index is 1500. The van der Waals surface area contributed by atoms with Gasteiger partial charge in [0, 0.05) is 13.1 Å². The fraction of sp³-hybridized carbons (Fsp3) is 0.222. The Balaban J connectivity index is 1.21. The Morgan fingerprint density at radius 1 is 0.543 bits per heavy atom. The first-order valence-corrected chi connectivity index (χ1v) is 11.8. The summed E-state index contributed by atoms with van der Waals surface area (Å²) >= 11 is 0. The molecule has 6 rings (SSSR count). The smallest absolute Gasteiger partial charge is 0.0969 e. The van der Waals surface area contributed by atoms with Crippen LogP contribution in [0.3, 0.4) is 0 Å². The van der Waals surface area contributed by atoms with Crippen molar-refractivity contribution in [2.24, 2.45) is 0 Å². The van der Waals surface area contributed by atoms with Gasteiger partial charge in [-0.15, -0.1) is 0 Å². The summed E-state index contributed by atoms with van der Waals surface area (Å²) in [5.74, 6) is 0. The van der Waals surface area contributed by atoms with E-state index in [1.165, 1.54) is 0 Å². The highest BCUT2D eigenvalue weighted by molar-refractivity contribution is 5.76. The summed E-state index contributed by atoms with van der Waals surface area (Å²) in [6.45, 7) is 4.08. The van der Waals surface area contributed by atoms with Gasteiger partial charge in [-0.25, -0.2) is 15.0 Å². The van der Waals surface area contributed by atoms with Gasteiger partial charge in [0.15, 0.2) is 0 Å².